The molecule has 0 bridgehead atoms. The molecule has 1 atom stereocenters. The van der Waals surface area contributed by atoms with Gasteiger partial charge >= 0.3 is 0 Å². The van der Waals surface area contributed by atoms with Gasteiger partial charge in [-0.1, -0.05) is 13.8 Å². The number of carbonyl (C=O) groups is 1. The van der Waals surface area contributed by atoms with E-state index in [-0.39, 0.29) is 5.91 Å². The number of nitrogens with two attached hydrogens (primary N) is 1. The Labute approximate surface area is 121 Å². The van der Waals surface area contributed by atoms with Crippen LogP contribution in [0.4, 0.5) is 5.69 Å². The quantitative estimate of drug-likeness (QED) is 0.903. The number of nitrogens with zero attached hydrogens (tertiary/aromatic N) is 2. The van der Waals surface area contributed by atoms with Gasteiger partial charge in [0.15, 0.2) is 0 Å². The number of aryl methyl sites for hydroxylation is 1. The first-order valence-electron chi connectivity index (χ1n) is 7.50. The van der Waals surface area contributed by atoms with E-state index in [1.807, 2.05) is 11.8 Å². The minimum absolute atomic E-state index is 0.0272. The highest BCUT2D eigenvalue weighted by molar-refractivity contribution is 5.98. The maximum Gasteiger partial charge on any atom is 0.257 e. The molecule has 2 N–H and O–H groups in total. The smallest absolute Gasteiger partial charge is 0.257 e. The number of amides is 1. The highest BCUT2D eigenvalue weighted by Crippen LogP contribution is 2.25. The van der Waals surface area contributed by atoms with Crippen LogP contribution in [-0.2, 0) is 0 Å². The topological polar surface area (TPSA) is 59.2 Å². The van der Waals surface area contributed by atoms with Gasteiger partial charge in [0.25, 0.3) is 5.91 Å². The summed E-state index contributed by atoms with van der Waals surface area (Å²) >= 11 is 0. The zero-order valence-electron chi connectivity index (χ0n) is 12.7. The first kappa shape index (κ1) is 14.8. The number of hydrogen-bond donors (Lipinski definition) is 1. The molecule has 1 amide bonds. The molecular weight excluding hydrogens is 250 g/mol. The van der Waals surface area contributed by atoms with Crippen molar-refractivity contribution in [3.63, 3.8) is 0 Å². The van der Waals surface area contributed by atoms with Gasteiger partial charge in [0.05, 0.1) is 5.56 Å². The monoisotopic (exact) mass is 275 g/mol. The summed E-state index contributed by atoms with van der Waals surface area (Å²) in [5, 5.41) is 0. The number of aromatic nitrogens is 1. The van der Waals surface area contributed by atoms with Crippen molar-refractivity contribution in [2.75, 3.05) is 18.8 Å². The van der Waals surface area contributed by atoms with E-state index < -0.39 is 0 Å². The van der Waals surface area contributed by atoms with Crippen molar-refractivity contribution in [3.8, 4) is 0 Å². The van der Waals surface area contributed by atoms with Gasteiger partial charge < -0.3 is 10.6 Å². The lowest BCUT2D eigenvalue weighted by molar-refractivity contribution is 0.0759. The van der Waals surface area contributed by atoms with Crippen LogP contribution in [0.5, 0.6) is 0 Å². The Hall–Kier alpha value is -1.58. The van der Waals surface area contributed by atoms with E-state index in [4.69, 9.17) is 5.73 Å². The molecule has 4 nitrogen and oxygen atoms in total. The summed E-state index contributed by atoms with van der Waals surface area (Å²) in [6.07, 6.45) is 4.98. The first-order valence-corrected chi connectivity index (χ1v) is 7.50. The fraction of sp³-hybridized carbons (Fsp3) is 0.625. The average molecular weight is 275 g/mol. The van der Waals surface area contributed by atoms with Crippen molar-refractivity contribution in [1.82, 2.24) is 9.88 Å². The predicted octanol–water partition coefficient (Wildman–Crippen LogP) is 2.87. The van der Waals surface area contributed by atoms with Crippen molar-refractivity contribution in [3.05, 3.63) is 23.5 Å². The molecule has 4 heteroatoms. The predicted molar refractivity (Wildman–Crippen MR) is 81.5 cm³/mol. The third-order valence-corrected chi connectivity index (χ3v) is 4.31. The third-order valence-electron chi connectivity index (χ3n) is 4.31. The Morgan fingerprint density at radius 2 is 2.15 bits per heavy atom. The Bertz CT molecular complexity index is 485. The van der Waals surface area contributed by atoms with Crippen LogP contribution in [0.2, 0.25) is 0 Å². The molecule has 0 radical (unpaired) electrons. The Morgan fingerprint density at radius 1 is 1.40 bits per heavy atom. The number of carbonyl (C=O) groups excluding carboxylic acids is 1. The third kappa shape index (κ3) is 3.30. The van der Waals surface area contributed by atoms with Crippen molar-refractivity contribution in [2.24, 2.45) is 11.8 Å². The molecule has 0 spiro atoms. The molecule has 2 heterocycles. The molecule has 110 valence electrons. The summed E-state index contributed by atoms with van der Waals surface area (Å²) in [6.45, 7) is 8.07. The van der Waals surface area contributed by atoms with Crippen LogP contribution in [-0.4, -0.2) is 28.9 Å². The first-order chi connectivity index (χ1) is 9.49. The lowest BCUT2D eigenvalue weighted by Gasteiger charge is -2.22. The van der Waals surface area contributed by atoms with Gasteiger partial charge in [-0.25, -0.2) is 0 Å². The van der Waals surface area contributed by atoms with E-state index in [9.17, 15) is 4.79 Å². The number of pyridine rings is 1. The second-order valence-corrected chi connectivity index (χ2v) is 6.14. The number of rotatable bonds is 2. The van der Waals surface area contributed by atoms with Crippen LogP contribution in [0, 0.1) is 18.8 Å². The van der Waals surface area contributed by atoms with Crippen LogP contribution < -0.4 is 5.73 Å². The molecule has 1 aliphatic rings. The van der Waals surface area contributed by atoms with Crippen molar-refractivity contribution in [2.45, 2.75) is 40.0 Å². The number of hydrogen-bond acceptors (Lipinski definition) is 3. The van der Waals surface area contributed by atoms with Crippen LogP contribution in [0.15, 0.2) is 12.3 Å². The highest BCUT2D eigenvalue weighted by atomic mass is 16.2. The van der Waals surface area contributed by atoms with Crippen LogP contribution >= 0.6 is 0 Å². The zero-order valence-corrected chi connectivity index (χ0v) is 12.7. The molecule has 1 aliphatic heterocycles. The van der Waals surface area contributed by atoms with E-state index in [0.717, 1.165) is 37.5 Å². The molecule has 0 saturated carbocycles. The van der Waals surface area contributed by atoms with Crippen molar-refractivity contribution < 1.29 is 4.79 Å². The largest absolute Gasteiger partial charge is 0.398 e. The summed E-state index contributed by atoms with van der Waals surface area (Å²) < 4.78 is 0. The molecule has 2 rings (SSSR count). The molecule has 1 unspecified atom stereocenters. The van der Waals surface area contributed by atoms with E-state index in [2.05, 4.69) is 18.8 Å². The van der Waals surface area contributed by atoms with Crippen molar-refractivity contribution in [1.29, 1.82) is 0 Å². The number of nitrogen functional groups attached to an aromatic ring is 1. The molecule has 0 aliphatic carbocycles. The van der Waals surface area contributed by atoms with Crippen LogP contribution in [0.1, 0.15) is 49.2 Å². The molecular formula is C16H25N3O. The van der Waals surface area contributed by atoms with Gasteiger partial charge in [-0.15, -0.1) is 0 Å². The van der Waals surface area contributed by atoms with Crippen LogP contribution in [0.3, 0.4) is 0 Å². The number of anilines is 1. The van der Waals surface area contributed by atoms with E-state index in [1.165, 1.54) is 6.42 Å². The van der Waals surface area contributed by atoms with Crippen LogP contribution in [0.25, 0.3) is 0 Å². The lowest BCUT2D eigenvalue weighted by Crippen LogP contribution is -2.32. The lowest BCUT2D eigenvalue weighted by atomic mass is 9.89. The second-order valence-electron chi connectivity index (χ2n) is 6.14. The molecule has 0 aromatic carbocycles. The summed E-state index contributed by atoms with van der Waals surface area (Å²) in [4.78, 5) is 18.7. The minimum Gasteiger partial charge on any atom is -0.398 e. The SMILES string of the molecule is Cc1cc(N)c(C(=O)N2CCCC(C(C)C)CC2)cn1. The van der Waals surface area contributed by atoms with Gasteiger partial charge in [0.2, 0.25) is 0 Å². The molecule has 1 saturated heterocycles. The Kier molecular flexibility index (Phi) is 4.63. The fourth-order valence-corrected chi connectivity index (χ4v) is 2.92. The highest BCUT2D eigenvalue weighted by Gasteiger charge is 2.24. The van der Waals surface area contributed by atoms with Gasteiger partial charge in [-0.2, -0.15) is 0 Å². The molecule has 1 aromatic rings. The number of likely N-dealkylation sites (tertiary alicyclic amines) is 1. The van der Waals surface area contributed by atoms with Gasteiger partial charge in [-0.05, 0) is 44.1 Å². The average Bonchev–Trinajstić information content (AvgIpc) is 2.63. The molecule has 1 aromatic heterocycles. The van der Waals surface area contributed by atoms with Crippen molar-refractivity contribution >= 4 is 11.6 Å². The van der Waals surface area contributed by atoms with Gasteiger partial charge in [0.1, 0.15) is 0 Å². The molecule has 1 fully saturated rings. The summed E-state index contributed by atoms with van der Waals surface area (Å²) in [6, 6.07) is 1.77. The second kappa shape index (κ2) is 6.25. The summed E-state index contributed by atoms with van der Waals surface area (Å²) in [5.41, 5.74) is 7.87. The fourth-order valence-electron chi connectivity index (χ4n) is 2.92. The van der Waals surface area contributed by atoms with E-state index in [0.29, 0.717) is 17.2 Å². The Morgan fingerprint density at radius 3 is 2.80 bits per heavy atom. The van der Waals surface area contributed by atoms with Gasteiger partial charge in [0, 0.05) is 30.7 Å². The zero-order chi connectivity index (χ0) is 14.7. The molecule has 20 heavy (non-hydrogen) atoms. The normalized spacial score (nSPS) is 20.0. The Balaban J connectivity index is 2.09. The van der Waals surface area contributed by atoms with E-state index in [1.54, 1.807) is 12.3 Å². The standard InChI is InChI=1S/C16H25N3O/c1-11(2)13-5-4-7-19(8-6-13)16(20)14-10-18-12(3)9-15(14)17/h9-11,13H,4-8H2,1-3H3,(H2,17,18). The van der Waals surface area contributed by atoms with E-state index >= 15 is 0 Å². The summed E-state index contributed by atoms with van der Waals surface area (Å²) in [5.74, 6) is 1.44. The minimum atomic E-state index is 0.0272. The van der Waals surface area contributed by atoms with Gasteiger partial charge in [-0.3, -0.25) is 9.78 Å². The maximum absolute atomic E-state index is 12.6. The maximum atomic E-state index is 12.6. The summed E-state index contributed by atoms with van der Waals surface area (Å²) in [7, 11) is 0.